The molecule has 0 aliphatic carbocycles. The minimum absolute atomic E-state index is 0.217. The van der Waals surface area contributed by atoms with Gasteiger partial charge in [0, 0.05) is 16.7 Å². The number of Topliss-reactive ketones (excluding diaryl/α,β-unsaturated/α-hetero) is 1. The summed E-state index contributed by atoms with van der Waals surface area (Å²) in [5, 5.41) is 5.49. The van der Waals surface area contributed by atoms with E-state index >= 15 is 0 Å². The number of carbonyl (C=O) groups excluding carboxylic acids is 3. The molecule has 8 heteroatoms. The van der Waals surface area contributed by atoms with E-state index in [0.717, 1.165) is 11.1 Å². The molecule has 0 radical (unpaired) electrons. The van der Waals surface area contributed by atoms with Crippen LogP contribution in [0.25, 0.3) is 0 Å². The Labute approximate surface area is 238 Å². The van der Waals surface area contributed by atoms with Crippen LogP contribution in [0.2, 0.25) is 0 Å². The molecule has 206 valence electrons. The Morgan fingerprint density at radius 3 is 2.34 bits per heavy atom. The Morgan fingerprint density at radius 2 is 1.56 bits per heavy atom. The molecule has 1 heterocycles. The van der Waals surface area contributed by atoms with Gasteiger partial charge in [-0.15, -0.1) is 0 Å². The first-order valence-corrected chi connectivity index (χ1v) is 13.4. The van der Waals surface area contributed by atoms with E-state index in [9.17, 15) is 14.4 Å². The number of nitrogens with zero attached hydrogens (tertiary/aromatic N) is 2. The summed E-state index contributed by atoms with van der Waals surface area (Å²) >= 11 is 0. The van der Waals surface area contributed by atoms with Crippen LogP contribution in [0.1, 0.15) is 34.0 Å². The molecule has 0 spiro atoms. The van der Waals surface area contributed by atoms with Crippen LogP contribution in [0.4, 0.5) is 16.2 Å². The molecule has 0 saturated carbocycles. The number of nitrogens with one attached hydrogen (secondary N) is 2. The Hall–Kier alpha value is -5.24. The number of aryl methyl sites for hydroxylation is 1. The third kappa shape index (κ3) is 6.01. The molecule has 1 aliphatic rings. The first-order valence-electron chi connectivity index (χ1n) is 13.4. The molecule has 4 aromatic rings. The second kappa shape index (κ2) is 12.3. The van der Waals surface area contributed by atoms with Crippen LogP contribution in [0.3, 0.4) is 0 Å². The van der Waals surface area contributed by atoms with E-state index in [1.54, 1.807) is 42.5 Å². The summed E-state index contributed by atoms with van der Waals surface area (Å²) in [4.78, 5) is 47.0. The lowest BCUT2D eigenvalue weighted by Crippen LogP contribution is -2.50. The van der Waals surface area contributed by atoms with E-state index in [1.165, 1.54) is 4.90 Å². The average Bonchev–Trinajstić information content (AvgIpc) is 3.09. The van der Waals surface area contributed by atoms with Crippen molar-refractivity contribution in [2.24, 2.45) is 4.99 Å². The van der Waals surface area contributed by atoms with Crippen LogP contribution >= 0.6 is 0 Å². The molecule has 0 unspecified atom stereocenters. The molecular formula is C33H30N4O4. The van der Waals surface area contributed by atoms with Crippen LogP contribution in [0.15, 0.2) is 108 Å². The van der Waals surface area contributed by atoms with E-state index < -0.39 is 18.1 Å². The first kappa shape index (κ1) is 27.3. The lowest BCUT2D eigenvalue weighted by atomic mass is 9.99. The lowest BCUT2D eigenvalue weighted by molar-refractivity contribution is -0.120. The highest BCUT2D eigenvalue weighted by molar-refractivity contribution is 6.21. The SMILES string of the molecule is CCOc1ccccc1NC(=O)N[C@H]1N=C(c2ccccc2)c2ccccc2N(CC(=O)c2ccccc2C)C1=O. The maximum absolute atomic E-state index is 14.1. The maximum atomic E-state index is 14.1. The number of anilines is 2. The van der Waals surface area contributed by atoms with Gasteiger partial charge in [0.15, 0.2) is 5.78 Å². The van der Waals surface area contributed by atoms with Crippen LogP contribution in [-0.4, -0.2) is 42.8 Å². The molecule has 4 aromatic carbocycles. The number of rotatable bonds is 8. The van der Waals surface area contributed by atoms with Crippen molar-refractivity contribution in [3.63, 3.8) is 0 Å². The third-order valence-corrected chi connectivity index (χ3v) is 6.71. The predicted octanol–water partition coefficient (Wildman–Crippen LogP) is 5.61. The minimum Gasteiger partial charge on any atom is -0.492 e. The van der Waals surface area contributed by atoms with Crippen molar-refractivity contribution in [2.45, 2.75) is 20.0 Å². The molecule has 2 N–H and O–H groups in total. The highest BCUT2D eigenvalue weighted by Crippen LogP contribution is 2.29. The Balaban J connectivity index is 1.53. The molecule has 3 amide bonds. The highest BCUT2D eigenvalue weighted by atomic mass is 16.5. The maximum Gasteiger partial charge on any atom is 0.321 e. The quantitative estimate of drug-likeness (QED) is 0.281. The molecule has 0 saturated heterocycles. The molecule has 5 rings (SSSR count). The summed E-state index contributed by atoms with van der Waals surface area (Å²) in [7, 11) is 0. The molecule has 1 atom stereocenters. The van der Waals surface area contributed by atoms with Gasteiger partial charge in [0.05, 0.1) is 30.2 Å². The fourth-order valence-corrected chi connectivity index (χ4v) is 4.76. The zero-order chi connectivity index (χ0) is 28.8. The molecule has 0 bridgehead atoms. The zero-order valence-electron chi connectivity index (χ0n) is 22.8. The van der Waals surface area contributed by atoms with Crippen molar-refractivity contribution in [3.05, 3.63) is 125 Å². The fourth-order valence-electron chi connectivity index (χ4n) is 4.76. The van der Waals surface area contributed by atoms with Crippen LogP contribution in [-0.2, 0) is 4.79 Å². The topological polar surface area (TPSA) is 100 Å². The standard InChI is InChI=1S/C33H30N4O4/c1-3-41-29-20-12-10-18-26(29)34-33(40)36-31-32(39)37(21-28(38)24-16-8-7-13-22(24)2)27-19-11-9-17-25(27)30(35-31)23-14-5-4-6-15-23/h4-20,31H,3,21H2,1-2H3,(H2,34,36,40)/t31-/m1/s1. The molecule has 1 aliphatic heterocycles. The average molecular weight is 547 g/mol. The van der Waals surface area contributed by atoms with E-state index in [0.29, 0.717) is 40.6 Å². The number of ketones is 1. The number of urea groups is 1. The summed E-state index contributed by atoms with van der Waals surface area (Å²) in [5.41, 5.74) is 4.31. The van der Waals surface area contributed by atoms with Gasteiger partial charge in [-0.05, 0) is 37.6 Å². The number of ether oxygens (including phenoxy) is 1. The van der Waals surface area contributed by atoms with Crippen molar-refractivity contribution in [3.8, 4) is 5.75 Å². The molecular weight excluding hydrogens is 516 g/mol. The third-order valence-electron chi connectivity index (χ3n) is 6.71. The van der Waals surface area contributed by atoms with Gasteiger partial charge in [0.2, 0.25) is 6.17 Å². The minimum atomic E-state index is -1.30. The second-order valence-corrected chi connectivity index (χ2v) is 9.45. The predicted molar refractivity (Wildman–Crippen MR) is 160 cm³/mol. The molecule has 41 heavy (non-hydrogen) atoms. The number of carbonyl (C=O) groups is 3. The number of amides is 3. The first-order chi connectivity index (χ1) is 20.0. The van der Waals surface area contributed by atoms with Gasteiger partial charge in [0.25, 0.3) is 5.91 Å². The molecule has 0 fully saturated rings. The fraction of sp³-hybridized carbons (Fsp3) is 0.152. The van der Waals surface area contributed by atoms with Gasteiger partial charge in [-0.1, -0.05) is 84.9 Å². The Kier molecular flexibility index (Phi) is 8.20. The smallest absolute Gasteiger partial charge is 0.321 e. The summed E-state index contributed by atoms with van der Waals surface area (Å²) in [6.07, 6.45) is -1.30. The highest BCUT2D eigenvalue weighted by Gasteiger charge is 2.34. The lowest BCUT2D eigenvalue weighted by Gasteiger charge is -2.25. The van der Waals surface area contributed by atoms with Crippen molar-refractivity contribution in [1.82, 2.24) is 5.32 Å². The van der Waals surface area contributed by atoms with E-state index in [2.05, 4.69) is 10.6 Å². The summed E-state index contributed by atoms with van der Waals surface area (Å²) < 4.78 is 5.62. The number of hydrogen-bond donors (Lipinski definition) is 2. The van der Waals surface area contributed by atoms with Crippen molar-refractivity contribution >= 4 is 34.8 Å². The number of benzodiazepines with no additional fused rings is 1. The van der Waals surface area contributed by atoms with Crippen molar-refractivity contribution in [1.29, 1.82) is 0 Å². The Bertz CT molecular complexity index is 1620. The number of aliphatic imine (C=N–C) groups is 1. The number of benzene rings is 4. The summed E-state index contributed by atoms with van der Waals surface area (Å²) in [6, 6.07) is 30.4. The van der Waals surface area contributed by atoms with Crippen LogP contribution in [0.5, 0.6) is 5.75 Å². The van der Waals surface area contributed by atoms with Gasteiger partial charge in [-0.25, -0.2) is 9.79 Å². The van der Waals surface area contributed by atoms with Gasteiger partial charge in [0.1, 0.15) is 5.75 Å². The Morgan fingerprint density at radius 1 is 0.878 bits per heavy atom. The molecule has 8 nitrogen and oxygen atoms in total. The largest absolute Gasteiger partial charge is 0.492 e. The van der Waals surface area contributed by atoms with Gasteiger partial charge in [-0.3, -0.25) is 9.59 Å². The van der Waals surface area contributed by atoms with Gasteiger partial charge < -0.3 is 20.3 Å². The number of para-hydroxylation sites is 3. The summed E-state index contributed by atoms with van der Waals surface area (Å²) in [6.45, 7) is 3.92. The van der Waals surface area contributed by atoms with E-state index in [-0.39, 0.29) is 12.3 Å². The van der Waals surface area contributed by atoms with Crippen molar-refractivity contribution < 1.29 is 19.1 Å². The van der Waals surface area contributed by atoms with Crippen LogP contribution < -0.4 is 20.3 Å². The summed E-state index contributed by atoms with van der Waals surface area (Å²) in [5.74, 6) is -0.245. The van der Waals surface area contributed by atoms with E-state index in [1.807, 2.05) is 74.5 Å². The van der Waals surface area contributed by atoms with Gasteiger partial charge >= 0.3 is 6.03 Å². The normalized spacial score (nSPS) is 14.4. The van der Waals surface area contributed by atoms with Crippen LogP contribution in [0, 0.1) is 6.92 Å². The second-order valence-electron chi connectivity index (χ2n) is 9.45. The molecule has 0 aromatic heterocycles. The zero-order valence-corrected chi connectivity index (χ0v) is 22.8. The number of hydrogen-bond acceptors (Lipinski definition) is 5. The number of fused-ring (bicyclic) bond motifs is 1. The monoisotopic (exact) mass is 546 g/mol. The van der Waals surface area contributed by atoms with Crippen molar-refractivity contribution in [2.75, 3.05) is 23.4 Å². The van der Waals surface area contributed by atoms with E-state index in [4.69, 9.17) is 9.73 Å². The van der Waals surface area contributed by atoms with Gasteiger partial charge in [-0.2, -0.15) is 0 Å².